The minimum Gasteiger partial charge on any atom is -0.379 e. The van der Waals surface area contributed by atoms with Gasteiger partial charge in [0.2, 0.25) is 0 Å². The van der Waals surface area contributed by atoms with Crippen molar-refractivity contribution in [2.75, 3.05) is 72.9 Å². The van der Waals surface area contributed by atoms with Crippen molar-refractivity contribution in [3.63, 3.8) is 0 Å². The summed E-state index contributed by atoms with van der Waals surface area (Å²) in [5.74, 6) is 0. The number of rotatable bonds is 17. The summed E-state index contributed by atoms with van der Waals surface area (Å²) in [5, 5.41) is 3.39. The maximum absolute atomic E-state index is 5.55. The Morgan fingerprint density at radius 3 is 1.95 bits per heavy atom. The van der Waals surface area contributed by atoms with E-state index in [2.05, 4.69) is 31.1 Å². The van der Waals surface area contributed by atoms with Gasteiger partial charge in [-0.05, 0) is 26.4 Å². The second-order valence-corrected chi connectivity index (χ2v) is 5.24. The van der Waals surface area contributed by atoms with Gasteiger partial charge in [0.15, 0.2) is 0 Å². The molecule has 0 amide bonds. The highest BCUT2D eigenvalue weighted by Gasteiger charge is 1.97. The van der Waals surface area contributed by atoms with Crippen LogP contribution >= 0.6 is 0 Å². The van der Waals surface area contributed by atoms with Crippen LogP contribution in [-0.4, -0.2) is 77.8 Å². The van der Waals surface area contributed by atoms with E-state index < -0.39 is 0 Å². The molecular weight excluding hydrogens is 268 g/mol. The lowest BCUT2D eigenvalue weighted by atomic mass is 10.4. The number of unbranched alkanes of at least 4 members (excludes halogenated alkanes) is 1. The fourth-order valence-corrected chi connectivity index (χ4v) is 1.69. The Hall–Kier alpha value is -0.200. The van der Waals surface area contributed by atoms with Gasteiger partial charge >= 0.3 is 0 Å². The Labute approximate surface area is 131 Å². The summed E-state index contributed by atoms with van der Waals surface area (Å²) < 4.78 is 16.4. The first kappa shape index (κ1) is 20.8. The van der Waals surface area contributed by atoms with Gasteiger partial charge in [-0.15, -0.1) is 0 Å². The molecule has 0 aliphatic rings. The number of likely N-dealkylation sites (N-methyl/N-ethyl adjacent to an activating group) is 1. The van der Waals surface area contributed by atoms with Crippen LogP contribution in [0.2, 0.25) is 0 Å². The van der Waals surface area contributed by atoms with Crippen LogP contribution in [0.4, 0.5) is 0 Å². The third kappa shape index (κ3) is 17.7. The van der Waals surface area contributed by atoms with Gasteiger partial charge in [-0.2, -0.15) is 0 Å². The van der Waals surface area contributed by atoms with Crippen molar-refractivity contribution in [2.45, 2.75) is 33.1 Å². The van der Waals surface area contributed by atoms with E-state index in [0.29, 0.717) is 26.4 Å². The number of nitrogens with zero attached hydrogens (tertiary/aromatic N) is 1. The van der Waals surface area contributed by atoms with Gasteiger partial charge in [0.1, 0.15) is 0 Å². The Morgan fingerprint density at radius 2 is 1.33 bits per heavy atom. The smallest absolute Gasteiger partial charge is 0.0701 e. The average molecular weight is 304 g/mol. The first-order valence-corrected chi connectivity index (χ1v) is 8.43. The topological polar surface area (TPSA) is 43.0 Å². The van der Waals surface area contributed by atoms with Crippen molar-refractivity contribution in [3.05, 3.63) is 0 Å². The number of hydrogen-bond acceptors (Lipinski definition) is 5. The van der Waals surface area contributed by atoms with Gasteiger partial charge < -0.3 is 24.4 Å². The quantitative estimate of drug-likeness (QED) is 0.415. The van der Waals surface area contributed by atoms with E-state index in [4.69, 9.17) is 14.2 Å². The Bertz CT molecular complexity index is 194. The first-order valence-electron chi connectivity index (χ1n) is 8.43. The number of ether oxygens (including phenoxy) is 3. The van der Waals surface area contributed by atoms with E-state index in [9.17, 15) is 0 Å². The second-order valence-electron chi connectivity index (χ2n) is 5.24. The van der Waals surface area contributed by atoms with Crippen molar-refractivity contribution >= 4 is 0 Å². The van der Waals surface area contributed by atoms with Gasteiger partial charge in [-0.1, -0.05) is 20.3 Å². The third-order valence-electron chi connectivity index (χ3n) is 3.10. The van der Waals surface area contributed by atoms with Crippen LogP contribution in [0.15, 0.2) is 0 Å². The predicted molar refractivity (Wildman–Crippen MR) is 88.0 cm³/mol. The summed E-state index contributed by atoms with van der Waals surface area (Å²) in [4.78, 5) is 2.28. The normalized spacial score (nSPS) is 11.4. The summed E-state index contributed by atoms with van der Waals surface area (Å²) in [6, 6.07) is 0. The lowest BCUT2D eigenvalue weighted by Gasteiger charge is -2.16. The Kier molecular flexibility index (Phi) is 17.7. The highest BCUT2D eigenvalue weighted by molar-refractivity contribution is 4.54. The first-order chi connectivity index (χ1) is 10.3. The van der Waals surface area contributed by atoms with Crippen LogP contribution in [0.5, 0.6) is 0 Å². The maximum Gasteiger partial charge on any atom is 0.0701 e. The zero-order valence-corrected chi connectivity index (χ0v) is 14.4. The highest BCUT2D eigenvalue weighted by atomic mass is 16.5. The summed E-state index contributed by atoms with van der Waals surface area (Å²) >= 11 is 0. The summed E-state index contributed by atoms with van der Waals surface area (Å²) in [5.41, 5.74) is 0. The zero-order chi connectivity index (χ0) is 15.6. The van der Waals surface area contributed by atoms with Gasteiger partial charge in [0.05, 0.1) is 33.0 Å². The lowest BCUT2D eigenvalue weighted by molar-refractivity contribution is 0.0112. The zero-order valence-electron chi connectivity index (χ0n) is 14.4. The minimum atomic E-state index is 0.652. The summed E-state index contributed by atoms with van der Waals surface area (Å²) in [6.45, 7) is 12.8. The number of hydrogen-bond donors (Lipinski definition) is 1. The van der Waals surface area contributed by atoms with E-state index in [1.807, 2.05) is 0 Å². The molecule has 0 saturated heterocycles. The van der Waals surface area contributed by atoms with Crippen molar-refractivity contribution in [3.8, 4) is 0 Å². The van der Waals surface area contributed by atoms with Crippen molar-refractivity contribution in [1.29, 1.82) is 0 Å². The fraction of sp³-hybridized carbons (Fsp3) is 1.00. The van der Waals surface area contributed by atoms with Crippen LogP contribution < -0.4 is 5.32 Å². The highest BCUT2D eigenvalue weighted by Crippen LogP contribution is 1.88. The van der Waals surface area contributed by atoms with Crippen molar-refractivity contribution in [1.82, 2.24) is 10.2 Å². The molecule has 0 aromatic carbocycles. The molecule has 0 unspecified atom stereocenters. The molecule has 0 saturated carbocycles. The average Bonchev–Trinajstić information content (AvgIpc) is 2.49. The Balaban J connectivity index is 3.07. The maximum atomic E-state index is 5.55. The molecule has 0 heterocycles. The van der Waals surface area contributed by atoms with Crippen LogP contribution in [0.25, 0.3) is 0 Å². The molecule has 0 atom stereocenters. The molecule has 0 spiro atoms. The molecule has 0 fully saturated rings. The van der Waals surface area contributed by atoms with E-state index in [-0.39, 0.29) is 0 Å². The largest absolute Gasteiger partial charge is 0.379 e. The molecule has 0 aliphatic heterocycles. The van der Waals surface area contributed by atoms with E-state index in [1.165, 1.54) is 12.8 Å². The Morgan fingerprint density at radius 1 is 0.714 bits per heavy atom. The van der Waals surface area contributed by atoms with Crippen LogP contribution in [0.1, 0.15) is 33.1 Å². The van der Waals surface area contributed by atoms with E-state index in [1.54, 1.807) is 0 Å². The molecule has 0 aromatic rings. The monoisotopic (exact) mass is 304 g/mol. The molecule has 5 nitrogen and oxygen atoms in total. The fourth-order valence-electron chi connectivity index (χ4n) is 1.69. The molecule has 128 valence electrons. The summed E-state index contributed by atoms with van der Waals surface area (Å²) in [6.07, 6.45) is 3.50. The molecule has 21 heavy (non-hydrogen) atoms. The molecule has 0 aliphatic carbocycles. The van der Waals surface area contributed by atoms with Crippen molar-refractivity contribution < 1.29 is 14.2 Å². The molecule has 5 heteroatoms. The minimum absolute atomic E-state index is 0.652. The van der Waals surface area contributed by atoms with Gasteiger partial charge in [-0.25, -0.2) is 0 Å². The lowest BCUT2D eigenvalue weighted by Crippen LogP contribution is -2.32. The number of nitrogens with one attached hydrogen (secondary N) is 1. The second kappa shape index (κ2) is 17.9. The molecule has 0 rings (SSSR count). The molecule has 0 bridgehead atoms. The van der Waals surface area contributed by atoms with E-state index in [0.717, 1.165) is 45.8 Å². The van der Waals surface area contributed by atoms with Crippen LogP contribution in [-0.2, 0) is 14.2 Å². The van der Waals surface area contributed by atoms with Gasteiger partial charge in [0, 0.05) is 26.2 Å². The van der Waals surface area contributed by atoms with Gasteiger partial charge in [0.25, 0.3) is 0 Å². The summed E-state index contributed by atoms with van der Waals surface area (Å²) in [7, 11) is 2.13. The van der Waals surface area contributed by atoms with E-state index >= 15 is 0 Å². The molecule has 1 N–H and O–H groups in total. The van der Waals surface area contributed by atoms with Crippen LogP contribution in [0, 0.1) is 0 Å². The van der Waals surface area contributed by atoms with Crippen LogP contribution in [0.3, 0.4) is 0 Å². The molecular formula is C16H36N2O3. The van der Waals surface area contributed by atoms with Crippen molar-refractivity contribution in [2.24, 2.45) is 0 Å². The third-order valence-corrected chi connectivity index (χ3v) is 3.10. The molecule has 0 aromatic heterocycles. The van der Waals surface area contributed by atoms with Gasteiger partial charge in [-0.3, -0.25) is 0 Å². The standard InChI is InChI=1S/C16H36N2O3/c1-4-6-11-19-13-15-21-16-14-20-12-10-18(3)9-8-17-7-5-2/h17H,4-16H2,1-3H3. The SMILES string of the molecule is CCCCOCCOCCOCCN(C)CCNCCC. The molecule has 0 radical (unpaired) electrons. The predicted octanol–water partition coefficient (Wildman–Crippen LogP) is 1.77.